The SMILES string of the molecule is CCCCCC1=CC[C@@]2(C)[C@]3(CC[C@@H](C)[C@@]24CCC(C)=C4C3)[C@@H]1N1CC1. The molecule has 0 N–H and O–H groups in total. The summed E-state index contributed by atoms with van der Waals surface area (Å²) in [6.45, 7) is 12.9. The van der Waals surface area contributed by atoms with Gasteiger partial charge in [0.2, 0.25) is 0 Å². The van der Waals surface area contributed by atoms with Crippen molar-refractivity contribution in [1.29, 1.82) is 0 Å². The molecule has 5 aliphatic rings. The summed E-state index contributed by atoms with van der Waals surface area (Å²) in [7, 11) is 0. The Kier molecular flexibility index (Phi) is 3.86. The zero-order chi connectivity index (χ0) is 18.2. The van der Waals surface area contributed by atoms with Crippen LogP contribution in [0.3, 0.4) is 0 Å². The Morgan fingerprint density at radius 2 is 2.00 bits per heavy atom. The van der Waals surface area contributed by atoms with Gasteiger partial charge < -0.3 is 0 Å². The van der Waals surface area contributed by atoms with Crippen molar-refractivity contribution in [2.45, 2.75) is 97.9 Å². The van der Waals surface area contributed by atoms with Crippen LogP contribution in [0.25, 0.3) is 0 Å². The third-order valence-corrected chi connectivity index (χ3v) is 9.95. The maximum atomic E-state index is 2.86. The van der Waals surface area contributed by atoms with Crippen LogP contribution in [-0.4, -0.2) is 24.0 Å². The molecule has 4 aliphatic carbocycles. The average Bonchev–Trinajstić information content (AvgIpc) is 3.37. The molecule has 1 heterocycles. The molecule has 0 aromatic heterocycles. The number of allylic oxidation sites excluding steroid dienone is 3. The second-order valence-corrected chi connectivity index (χ2v) is 10.7. The fourth-order valence-corrected chi connectivity index (χ4v) is 8.55. The number of hydrogen-bond donors (Lipinski definition) is 0. The van der Waals surface area contributed by atoms with Crippen LogP contribution in [0.15, 0.2) is 22.8 Å². The summed E-state index contributed by atoms with van der Waals surface area (Å²) in [5.74, 6) is 0.889. The van der Waals surface area contributed by atoms with Gasteiger partial charge in [-0.3, -0.25) is 4.90 Å². The van der Waals surface area contributed by atoms with Crippen molar-refractivity contribution in [2.24, 2.45) is 22.2 Å². The Labute approximate surface area is 161 Å². The summed E-state index contributed by atoms with van der Waals surface area (Å²) in [6, 6.07) is 0.772. The van der Waals surface area contributed by atoms with Crippen molar-refractivity contribution in [3.05, 3.63) is 22.8 Å². The summed E-state index contributed by atoms with van der Waals surface area (Å²) in [6.07, 6.45) is 16.9. The van der Waals surface area contributed by atoms with Gasteiger partial charge >= 0.3 is 0 Å². The first-order valence-electron chi connectivity index (χ1n) is 11.6. The van der Waals surface area contributed by atoms with Gasteiger partial charge in [-0.2, -0.15) is 0 Å². The number of nitrogens with zero attached hydrogens (tertiary/aromatic N) is 1. The minimum Gasteiger partial charge on any atom is -0.294 e. The lowest BCUT2D eigenvalue weighted by atomic mass is 9.42. The highest BCUT2D eigenvalue weighted by atomic mass is 15.3. The van der Waals surface area contributed by atoms with Crippen LogP contribution in [0.5, 0.6) is 0 Å². The van der Waals surface area contributed by atoms with Crippen molar-refractivity contribution < 1.29 is 0 Å². The van der Waals surface area contributed by atoms with Gasteiger partial charge in [-0.25, -0.2) is 0 Å². The van der Waals surface area contributed by atoms with Crippen molar-refractivity contribution >= 4 is 0 Å². The third kappa shape index (κ3) is 1.92. The second kappa shape index (κ2) is 5.72. The molecule has 2 bridgehead atoms. The average molecular weight is 354 g/mol. The molecule has 1 heteroatoms. The van der Waals surface area contributed by atoms with Crippen LogP contribution in [0.2, 0.25) is 0 Å². The van der Waals surface area contributed by atoms with E-state index in [1.165, 1.54) is 77.3 Å². The van der Waals surface area contributed by atoms with Crippen LogP contribution < -0.4 is 0 Å². The first kappa shape index (κ1) is 17.5. The van der Waals surface area contributed by atoms with E-state index in [1.807, 2.05) is 11.1 Å². The first-order valence-corrected chi connectivity index (χ1v) is 11.6. The number of unbranched alkanes of at least 4 members (excludes halogenated alkanes) is 2. The smallest absolute Gasteiger partial charge is 0.0373 e. The van der Waals surface area contributed by atoms with Crippen LogP contribution >= 0.6 is 0 Å². The highest BCUT2D eigenvalue weighted by Crippen LogP contribution is 2.81. The van der Waals surface area contributed by atoms with E-state index < -0.39 is 0 Å². The monoisotopic (exact) mass is 353 g/mol. The summed E-state index contributed by atoms with van der Waals surface area (Å²) < 4.78 is 0. The van der Waals surface area contributed by atoms with E-state index in [2.05, 4.69) is 38.7 Å². The Balaban J connectivity index is 1.61. The molecule has 0 aromatic carbocycles. The van der Waals surface area contributed by atoms with Gasteiger partial charge in [0, 0.05) is 24.5 Å². The van der Waals surface area contributed by atoms with Crippen LogP contribution in [0.4, 0.5) is 0 Å². The van der Waals surface area contributed by atoms with E-state index in [-0.39, 0.29) is 0 Å². The topological polar surface area (TPSA) is 3.01 Å². The molecule has 1 nitrogen and oxygen atoms in total. The molecule has 26 heavy (non-hydrogen) atoms. The molecule has 0 aromatic rings. The van der Waals surface area contributed by atoms with Crippen LogP contribution in [-0.2, 0) is 0 Å². The minimum atomic E-state index is 0.506. The van der Waals surface area contributed by atoms with E-state index in [0.717, 1.165) is 12.0 Å². The van der Waals surface area contributed by atoms with Crippen molar-refractivity contribution in [3.8, 4) is 0 Å². The lowest BCUT2D eigenvalue weighted by Gasteiger charge is -2.63. The molecule has 1 spiro atoms. The van der Waals surface area contributed by atoms with Gasteiger partial charge in [0.25, 0.3) is 0 Å². The lowest BCUT2D eigenvalue weighted by molar-refractivity contribution is -0.112. The Hall–Kier alpha value is -0.560. The van der Waals surface area contributed by atoms with E-state index in [4.69, 9.17) is 0 Å². The summed E-state index contributed by atoms with van der Waals surface area (Å²) >= 11 is 0. The molecule has 0 radical (unpaired) electrons. The van der Waals surface area contributed by atoms with E-state index in [0.29, 0.717) is 16.2 Å². The lowest BCUT2D eigenvalue weighted by Crippen LogP contribution is -2.60. The van der Waals surface area contributed by atoms with Gasteiger partial charge in [0.05, 0.1) is 0 Å². The molecule has 144 valence electrons. The third-order valence-electron chi connectivity index (χ3n) is 9.95. The fourth-order valence-electron chi connectivity index (χ4n) is 8.55. The molecule has 5 atom stereocenters. The predicted molar refractivity (Wildman–Crippen MR) is 110 cm³/mol. The Morgan fingerprint density at radius 3 is 2.73 bits per heavy atom. The summed E-state index contributed by atoms with van der Waals surface area (Å²) in [5.41, 5.74) is 7.16. The predicted octanol–water partition coefficient (Wildman–Crippen LogP) is 6.50. The molecule has 3 fully saturated rings. The largest absolute Gasteiger partial charge is 0.294 e. The summed E-state index contributed by atoms with van der Waals surface area (Å²) in [4.78, 5) is 2.86. The second-order valence-electron chi connectivity index (χ2n) is 10.7. The highest BCUT2D eigenvalue weighted by molar-refractivity contribution is 5.46. The van der Waals surface area contributed by atoms with Gasteiger partial charge in [0.1, 0.15) is 0 Å². The fraction of sp³-hybridized carbons (Fsp3) is 0.840. The molecule has 1 aliphatic heterocycles. The van der Waals surface area contributed by atoms with Gasteiger partial charge in [-0.05, 0) is 75.0 Å². The molecule has 0 amide bonds. The molecule has 1 saturated heterocycles. The quantitative estimate of drug-likeness (QED) is 0.309. The standard InChI is InChI=1S/C25H39N/c1-5-6-7-8-20-11-12-23(4)24(22(20)26-15-16-26)13-10-19(3)25(23)14-9-18(2)21(25)17-24/h11,19,22H,5-10,12-17H2,1-4H3/t19-,22-,23+,24+,25-/m1/s1. The van der Waals surface area contributed by atoms with Crippen molar-refractivity contribution in [2.75, 3.05) is 13.1 Å². The molecular weight excluding hydrogens is 314 g/mol. The van der Waals surface area contributed by atoms with Crippen molar-refractivity contribution in [3.63, 3.8) is 0 Å². The maximum Gasteiger partial charge on any atom is 0.0373 e. The Morgan fingerprint density at radius 1 is 1.19 bits per heavy atom. The number of rotatable bonds is 5. The van der Waals surface area contributed by atoms with Crippen LogP contribution in [0.1, 0.15) is 91.9 Å². The zero-order valence-corrected chi connectivity index (χ0v) is 17.7. The minimum absolute atomic E-state index is 0.506. The first-order chi connectivity index (χ1) is 12.5. The maximum absolute atomic E-state index is 2.86. The molecule has 5 rings (SSSR count). The van der Waals surface area contributed by atoms with Crippen molar-refractivity contribution in [1.82, 2.24) is 4.90 Å². The van der Waals surface area contributed by atoms with Crippen LogP contribution in [0, 0.1) is 22.2 Å². The van der Waals surface area contributed by atoms with Gasteiger partial charge in [0.15, 0.2) is 0 Å². The Bertz CT molecular complexity index is 668. The van der Waals surface area contributed by atoms with Gasteiger partial charge in [-0.15, -0.1) is 0 Å². The highest BCUT2D eigenvalue weighted by Gasteiger charge is 2.75. The van der Waals surface area contributed by atoms with E-state index >= 15 is 0 Å². The zero-order valence-electron chi connectivity index (χ0n) is 17.7. The van der Waals surface area contributed by atoms with E-state index in [1.54, 1.807) is 5.57 Å². The molecular formula is C25H39N. The van der Waals surface area contributed by atoms with Gasteiger partial charge in [-0.1, -0.05) is 56.4 Å². The van der Waals surface area contributed by atoms with E-state index in [9.17, 15) is 0 Å². The number of hydrogen-bond acceptors (Lipinski definition) is 1. The summed E-state index contributed by atoms with van der Waals surface area (Å²) in [5, 5.41) is 0. The molecule has 0 unspecified atom stereocenters. The molecule has 2 saturated carbocycles. The normalized spacial score (nSPS) is 47.0.